The normalized spacial score (nSPS) is 9.56. The van der Waals surface area contributed by atoms with Crippen LogP contribution in [0.1, 0.15) is 60.3 Å². The molecule has 0 aromatic carbocycles. The summed E-state index contributed by atoms with van der Waals surface area (Å²) in [5.74, 6) is -0.105. The van der Waals surface area contributed by atoms with Gasteiger partial charge in [0.2, 0.25) is 0 Å². The maximum atomic E-state index is 10.5. The van der Waals surface area contributed by atoms with E-state index in [4.69, 9.17) is 25.2 Å². The standard InChI is InChI=1S/C7H14O3.C6H12O2.C5H8O6.C4H6O6/c1-3-5-9-7(8)10-6-4-2;1-3-5-8-6(7)4-2;1-3(11-5(8)9)2-10-4(6)7;5-3(6)9-1-2-10-4(7)8/h3-6H2,1-2H3;3-5H2,1-2H3;3H,2H2,1H3,(H,6,7)(H,8,9);1-2H2,(H,5,6)(H,7,8). The molecule has 1 atom stereocenters. The lowest BCUT2D eigenvalue weighted by molar-refractivity contribution is -0.143. The molecule has 0 spiro atoms. The third-order valence-electron chi connectivity index (χ3n) is 2.88. The molecule has 0 amide bonds. The van der Waals surface area contributed by atoms with Gasteiger partial charge in [-0.3, -0.25) is 4.79 Å². The predicted molar refractivity (Wildman–Crippen MR) is 130 cm³/mol. The van der Waals surface area contributed by atoms with E-state index in [9.17, 15) is 28.8 Å². The maximum absolute atomic E-state index is 10.5. The van der Waals surface area contributed by atoms with E-state index in [1.807, 2.05) is 20.8 Å². The van der Waals surface area contributed by atoms with Crippen molar-refractivity contribution < 1.29 is 82.4 Å². The highest BCUT2D eigenvalue weighted by molar-refractivity contribution is 5.68. The molecular weight excluding hydrogens is 536 g/mol. The molecule has 0 heterocycles. The lowest BCUT2D eigenvalue weighted by Crippen LogP contribution is -2.20. The first-order chi connectivity index (χ1) is 18.3. The van der Waals surface area contributed by atoms with E-state index in [2.05, 4.69) is 28.4 Å². The average molecular weight is 577 g/mol. The number of carbonyl (C=O) groups excluding carboxylic acids is 2. The zero-order valence-corrected chi connectivity index (χ0v) is 22.7. The first-order valence-corrected chi connectivity index (χ1v) is 11.7. The second-order valence-corrected chi connectivity index (χ2v) is 6.52. The van der Waals surface area contributed by atoms with Crippen molar-refractivity contribution in [3.05, 3.63) is 0 Å². The van der Waals surface area contributed by atoms with Crippen LogP contribution in [0.4, 0.5) is 24.0 Å². The Morgan fingerprint density at radius 3 is 1.23 bits per heavy atom. The van der Waals surface area contributed by atoms with E-state index in [0.29, 0.717) is 26.2 Å². The van der Waals surface area contributed by atoms with E-state index < -0.39 is 36.9 Å². The summed E-state index contributed by atoms with van der Waals surface area (Å²) in [6.07, 6.45) is -4.07. The van der Waals surface area contributed by atoms with Gasteiger partial charge in [-0.1, -0.05) is 27.7 Å². The molecule has 0 saturated heterocycles. The van der Waals surface area contributed by atoms with Crippen molar-refractivity contribution in [1.82, 2.24) is 0 Å². The van der Waals surface area contributed by atoms with Gasteiger partial charge < -0.3 is 53.6 Å². The molecule has 0 aliphatic heterocycles. The van der Waals surface area contributed by atoms with E-state index in [0.717, 1.165) is 19.3 Å². The van der Waals surface area contributed by atoms with Gasteiger partial charge in [0.15, 0.2) is 0 Å². The molecule has 0 bridgehead atoms. The second-order valence-electron chi connectivity index (χ2n) is 6.52. The van der Waals surface area contributed by atoms with Crippen LogP contribution in [0.15, 0.2) is 0 Å². The lowest BCUT2D eigenvalue weighted by Gasteiger charge is -2.08. The Morgan fingerprint density at radius 1 is 0.538 bits per heavy atom. The topological polar surface area (TPSA) is 248 Å². The summed E-state index contributed by atoms with van der Waals surface area (Å²) in [5, 5.41) is 31.7. The van der Waals surface area contributed by atoms with Gasteiger partial charge in [-0.25, -0.2) is 24.0 Å². The van der Waals surface area contributed by atoms with Crippen molar-refractivity contribution in [2.45, 2.75) is 66.4 Å². The Labute approximate surface area is 225 Å². The maximum Gasteiger partial charge on any atom is 0.508 e. The lowest BCUT2D eigenvalue weighted by atomic mass is 10.4. The molecule has 0 aromatic heterocycles. The number of carbonyl (C=O) groups is 6. The number of rotatable bonds is 13. The molecule has 1 unspecified atom stereocenters. The van der Waals surface area contributed by atoms with Gasteiger partial charge in [-0.15, -0.1) is 0 Å². The van der Waals surface area contributed by atoms with Crippen LogP contribution in [0.5, 0.6) is 0 Å². The highest BCUT2D eigenvalue weighted by atomic mass is 16.7. The molecule has 0 rings (SSSR count). The molecule has 0 aliphatic carbocycles. The summed E-state index contributed by atoms with van der Waals surface area (Å²) in [7, 11) is 0. The van der Waals surface area contributed by atoms with Crippen molar-refractivity contribution in [3.8, 4) is 0 Å². The highest BCUT2D eigenvalue weighted by Gasteiger charge is 2.09. The molecule has 0 aromatic rings. The fraction of sp³-hybridized carbons (Fsp3) is 0.727. The number of esters is 1. The Hall–Kier alpha value is -4.18. The number of carboxylic acid groups (broad SMARTS) is 4. The fourth-order valence-electron chi connectivity index (χ4n) is 1.38. The quantitative estimate of drug-likeness (QED) is 0.134. The first kappa shape index (κ1) is 41.9. The fourth-order valence-corrected chi connectivity index (χ4v) is 1.38. The van der Waals surface area contributed by atoms with E-state index in [1.165, 1.54) is 6.92 Å². The van der Waals surface area contributed by atoms with E-state index in [1.54, 1.807) is 6.92 Å². The molecule has 17 nitrogen and oxygen atoms in total. The zero-order chi connectivity index (χ0) is 31.1. The molecule has 0 saturated carbocycles. The highest BCUT2D eigenvalue weighted by Crippen LogP contribution is 1.92. The Morgan fingerprint density at radius 2 is 0.923 bits per heavy atom. The Bertz CT molecular complexity index is 639. The van der Waals surface area contributed by atoms with Crippen LogP contribution in [-0.2, 0) is 38.0 Å². The van der Waals surface area contributed by atoms with E-state index >= 15 is 0 Å². The van der Waals surface area contributed by atoms with Crippen LogP contribution < -0.4 is 0 Å². The summed E-state index contributed by atoms with van der Waals surface area (Å²) in [4.78, 5) is 59.7. The minimum atomic E-state index is -1.45. The van der Waals surface area contributed by atoms with Crippen molar-refractivity contribution in [1.29, 1.82) is 0 Å². The second kappa shape index (κ2) is 31.8. The van der Waals surface area contributed by atoms with Crippen LogP contribution in [0.2, 0.25) is 0 Å². The summed E-state index contributed by atoms with van der Waals surface area (Å²) in [6, 6.07) is 0. The smallest absolute Gasteiger partial charge is 0.466 e. The number of hydrogen-bond donors (Lipinski definition) is 4. The SMILES string of the molecule is CC(COC(=O)O)OC(=O)O.CCCOC(=O)CC.CCCOC(=O)OCCC.O=C(O)OCCOC(=O)O. The molecule has 0 radical (unpaired) electrons. The van der Waals surface area contributed by atoms with Crippen molar-refractivity contribution in [3.63, 3.8) is 0 Å². The summed E-state index contributed by atoms with van der Waals surface area (Å²) in [6.45, 7) is 9.64. The van der Waals surface area contributed by atoms with Gasteiger partial charge in [-0.2, -0.15) is 0 Å². The minimum absolute atomic E-state index is 0.105. The molecule has 4 N–H and O–H groups in total. The third-order valence-corrected chi connectivity index (χ3v) is 2.88. The molecule has 0 aliphatic rings. The molecular formula is C22H40O17. The monoisotopic (exact) mass is 576 g/mol. The molecule has 39 heavy (non-hydrogen) atoms. The molecule has 230 valence electrons. The molecule has 17 heteroatoms. The van der Waals surface area contributed by atoms with Gasteiger partial charge in [-0.05, 0) is 26.2 Å². The average Bonchev–Trinajstić information content (AvgIpc) is 2.86. The van der Waals surface area contributed by atoms with Crippen molar-refractivity contribution in [2.24, 2.45) is 0 Å². The van der Waals surface area contributed by atoms with Crippen molar-refractivity contribution >= 4 is 36.7 Å². The Kier molecular flexibility index (Phi) is 34.2. The largest absolute Gasteiger partial charge is 0.508 e. The third kappa shape index (κ3) is 51.4. The van der Waals surface area contributed by atoms with Gasteiger partial charge >= 0.3 is 36.7 Å². The van der Waals surface area contributed by atoms with E-state index in [-0.39, 0.29) is 25.8 Å². The van der Waals surface area contributed by atoms with Gasteiger partial charge in [0.1, 0.15) is 25.9 Å². The van der Waals surface area contributed by atoms with Gasteiger partial charge in [0.25, 0.3) is 0 Å². The zero-order valence-electron chi connectivity index (χ0n) is 22.7. The van der Waals surface area contributed by atoms with Crippen LogP contribution in [-0.4, -0.2) is 103 Å². The number of ether oxygens (including phenoxy) is 7. The molecule has 0 fully saturated rings. The van der Waals surface area contributed by atoms with Gasteiger partial charge in [0, 0.05) is 6.42 Å². The van der Waals surface area contributed by atoms with Gasteiger partial charge in [0.05, 0.1) is 19.8 Å². The van der Waals surface area contributed by atoms with Crippen LogP contribution in [0.25, 0.3) is 0 Å². The van der Waals surface area contributed by atoms with Crippen molar-refractivity contribution in [2.75, 3.05) is 39.6 Å². The van der Waals surface area contributed by atoms with Crippen LogP contribution >= 0.6 is 0 Å². The van der Waals surface area contributed by atoms with Crippen LogP contribution in [0.3, 0.4) is 0 Å². The van der Waals surface area contributed by atoms with Crippen LogP contribution in [0, 0.1) is 0 Å². The first-order valence-electron chi connectivity index (χ1n) is 11.7. The summed E-state index contributed by atoms with van der Waals surface area (Å²) in [5.41, 5.74) is 0. The Balaban J connectivity index is -0.000000211. The summed E-state index contributed by atoms with van der Waals surface area (Å²) < 4.78 is 30.0. The predicted octanol–water partition coefficient (Wildman–Crippen LogP) is 4.45. The summed E-state index contributed by atoms with van der Waals surface area (Å²) >= 11 is 0. The number of hydrogen-bond acceptors (Lipinski definition) is 13. The minimum Gasteiger partial charge on any atom is -0.466 e.